The highest BCUT2D eigenvalue weighted by Gasteiger charge is 2.36. The van der Waals surface area contributed by atoms with Gasteiger partial charge in [-0.25, -0.2) is 14.6 Å². The Morgan fingerprint density at radius 1 is 1.00 bits per heavy atom. The van der Waals surface area contributed by atoms with Crippen molar-refractivity contribution in [1.82, 2.24) is 13.7 Å². The molecule has 2 aliphatic heterocycles. The van der Waals surface area contributed by atoms with Crippen molar-refractivity contribution in [3.05, 3.63) is 119 Å². The Morgan fingerprint density at radius 3 is 2.56 bits per heavy atom. The van der Waals surface area contributed by atoms with Crippen molar-refractivity contribution < 1.29 is 19.0 Å². The monoisotopic (exact) mass is 594 g/mol. The van der Waals surface area contributed by atoms with Crippen LogP contribution in [-0.2, 0) is 23.6 Å². The molecule has 0 bridgehead atoms. The van der Waals surface area contributed by atoms with Crippen LogP contribution in [0.4, 0.5) is 0 Å². The van der Waals surface area contributed by atoms with Gasteiger partial charge in [0.15, 0.2) is 16.3 Å². The van der Waals surface area contributed by atoms with Gasteiger partial charge in [0.2, 0.25) is 6.79 Å². The molecule has 0 fully saturated rings. The van der Waals surface area contributed by atoms with Crippen molar-refractivity contribution in [3.63, 3.8) is 0 Å². The van der Waals surface area contributed by atoms with Crippen LogP contribution in [0, 0.1) is 0 Å². The van der Waals surface area contributed by atoms with Crippen LogP contribution in [0.5, 0.6) is 11.5 Å². The summed E-state index contributed by atoms with van der Waals surface area (Å²) in [6.45, 7) is 1.99. The van der Waals surface area contributed by atoms with Gasteiger partial charge < -0.3 is 14.2 Å². The molecule has 11 heteroatoms. The molecule has 216 valence electrons. The van der Waals surface area contributed by atoms with Gasteiger partial charge in [0, 0.05) is 19.7 Å². The van der Waals surface area contributed by atoms with E-state index < -0.39 is 12.0 Å². The fraction of sp³-hybridized carbons (Fsp3) is 0.188. The van der Waals surface area contributed by atoms with Gasteiger partial charge in [-0.3, -0.25) is 18.5 Å². The lowest BCUT2D eigenvalue weighted by molar-refractivity contribution is -0.138. The van der Waals surface area contributed by atoms with Gasteiger partial charge in [0.1, 0.15) is 0 Å². The lowest BCUT2D eigenvalue weighted by Crippen LogP contribution is -2.40. The van der Waals surface area contributed by atoms with Crippen molar-refractivity contribution in [3.8, 4) is 11.5 Å². The Balaban J connectivity index is 1.49. The first-order chi connectivity index (χ1) is 20.9. The van der Waals surface area contributed by atoms with Crippen LogP contribution in [0.25, 0.3) is 22.8 Å². The summed E-state index contributed by atoms with van der Waals surface area (Å²) in [5, 5.41) is 0. The number of hydrogen-bond acceptors (Lipinski definition) is 8. The first kappa shape index (κ1) is 26.7. The van der Waals surface area contributed by atoms with E-state index in [1.54, 1.807) is 52.9 Å². The maximum atomic E-state index is 14.2. The summed E-state index contributed by atoms with van der Waals surface area (Å²) in [6, 6.07) is 19.6. The predicted octanol–water partition coefficient (Wildman–Crippen LogP) is 2.85. The quantitative estimate of drug-likeness (QED) is 0.290. The van der Waals surface area contributed by atoms with Gasteiger partial charge in [0.25, 0.3) is 5.56 Å². The Labute approximate surface area is 248 Å². The first-order valence-corrected chi connectivity index (χ1v) is 14.5. The van der Waals surface area contributed by atoms with Crippen molar-refractivity contribution in [2.75, 3.05) is 13.4 Å². The number of benzene rings is 3. The molecule has 0 radical (unpaired) electrons. The predicted molar refractivity (Wildman–Crippen MR) is 162 cm³/mol. The number of rotatable bonds is 5. The Bertz CT molecular complexity index is 2220. The highest BCUT2D eigenvalue weighted by Crippen LogP contribution is 2.40. The number of carbonyl (C=O) groups excluding carboxylic acids is 1. The van der Waals surface area contributed by atoms with Crippen molar-refractivity contribution in [1.29, 1.82) is 0 Å². The number of esters is 1. The Kier molecular flexibility index (Phi) is 6.39. The average molecular weight is 595 g/mol. The first-order valence-electron chi connectivity index (χ1n) is 13.7. The third kappa shape index (κ3) is 4.31. The maximum Gasteiger partial charge on any atom is 0.338 e. The van der Waals surface area contributed by atoms with E-state index in [1.807, 2.05) is 54.6 Å². The van der Waals surface area contributed by atoms with Crippen LogP contribution >= 0.6 is 11.3 Å². The van der Waals surface area contributed by atoms with Gasteiger partial charge in [-0.05, 0) is 48.4 Å². The molecule has 0 N–H and O–H groups in total. The normalized spacial score (nSPS) is 16.0. The second-order valence-electron chi connectivity index (χ2n) is 10.2. The van der Waals surface area contributed by atoms with Crippen LogP contribution in [0.3, 0.4) is 0 Å². The Hall–Kier alpha value is -5.16. The van der Waals surface area contributed by atoms with Gasteiger partial charge in [-0.15, -0.1) is 0 Å². The van der Waals surface area contributed by atoms with Crippen molar-refractivity contribution in [2.24, 2.45) is 19.1 Å². The van der Waals surface area contributed by atoms with E-state index in [-0.39, 0.29) is 30.2 Å². The van der Waals surface area contributed by atoms with E-state index in [1.165, 1.54) is 11.3 Å². The van der Waals surface area contributed by atoms with Crippen molar-refractivity contribution >= 4 is 40.1 Å². The van der Waals surface area contributed by atoms with E-state index in [9.17, 15) is 14.4 Å². The number of ether oxygens (including phenoxy) is 3. The molecule has 0 aliphatic carbocycles. The largest absolute Gasteiger partial charge is 0.463 e. The number of carbonyl (C=O) groups is 1. The molecule has 0 saturated carbocycles. The molecule has 2 aliphatic rings. The molecule has 43 heavy (non-hydrogen) atoms. The number of aryl methyl sites for hydroxylation is 2. The summed E-state index contributed by atoms with van der Waals surface area (Å²) in [5.41, 5.74) is 3.95. The second-order valence-corrected chi connectivity index (χ2v) is 11.2. The minimum atomic E-state index is -0.834. The number of imidazole rings is 1. The van der Waals surface area contributed by atoms with E-state index in [0.29, 0.717) is 32.1 Å². The van der Waals surface area contributed by atoms with Crippen LogP contribution in [0.15, 0.2) is 86.9 Å². The van der Waals surface area contributed by atoms with Crippen LogP contribution in [0.1, 0.15) is 29.7 Å². The molecule has 5 aromatic rings. The zero-order valence-corrected chi connectivity index (χ0v) is 24.4. The molecule has 0 saturated heterocycles. The van der Waals surface area contributed by atoms with Gasteiger partial charge >= 0.3 is 11.7 Å². The van der Waals surface area contributed by atoms with E-state index in [4.69, 9.17) is 19.2 Å². The number of nitrogens with zero attached hydrogens (tertiary/aromatic N) is 4. The summed E-state index contributed by atoms with van der Waals surface area (Å²) in [6.07, 6.45) is 1.79. The van der Waals surface area contributed by atoms with Crippen LogP contribution in [0.2, 0.25) is 0 Å². The zero-order chi connectivity index (χ0) is 29.8. The molecule has 0 amide bonds. The summed E-state index contributed by atoms with van der Waals surface area (Å²) in [7, 11) is 3.44. The number of hydrogen-bond donors (Lipinski definition) is 0. The van der Waals surface area contributed by atoms with Crippen molar-refractivity contribution in [2.45, 2.75) is 13.0 Å². The van der Waals surface area contributed by atoms with Gasteiger partial charge in [-0.1, -0.05) is 53.8 Å². The molecule has 3 aromatic carbocycles. The molecule has 0 unspecified atom stereocenters. The summed E-state index contributed by atoms with van der Waals surface area (Å²) in [5.74, 6) is 0.562. The summed E-state index contributed by atoms with van der Waals surface area (Å²) >= 11 is 1.24. The molecule has 4 heterocycles. The highest BCUT2D eigenvalue weighted by molar-refractivity contribution is 7.07. The van der Waals surface area contributed by atoms with E-state index in [0.717, 1.165) is 22.2 Å². The highest BCUT2D eigenvalue weighted by atomic mass is 32.1. The van der Waals surface area contributed by atoms with E-state index in [2.05, 4.69) is 0 Å². The van der Waals surface area contributed by atoms with Gasteiger partial charge in [-0.2, -0.15) is 0 Å². The molecular formula is C32H26N4O6S. The topological polar surface area (TPSA) is 106 Å². The Morgan fingerprint density at radius 2 is 1.77 bits per heavy atom. The maximum absolute atomic E-state index is 14.2. The summed E-state index contributed by atoms with van der Waals surface area (Å²) in [4.78, 5) is 45.6. The fourth-order valence-electron chi connectivity index (χ4n) is 5.60. The number of fused-ring (bicyclic) bond motifs is 3. The minimum absolute atomic E-state index is 0.0920. The molecule has 10 nitrogen and oxygen atoms in total. The lowest BCUT2D eigenvalue weighted by Gasteiger charge is -2.26. The molecule has 7 rings (SSSR count). The number of aromatic nitrogens is 3. The summed E-state index contributed by atoms with van der Waals surface area (Å²) < 4.78 is 21.8. The standard InChI is InChI=1S/C32H26N4O6S/c1-4-40-30(38)26-27(19-8-6-5-7-9-19)33-31-36(28(26)20-11-13-23-24(16-20)42-17-41-23)29(37)25(43-31)15-18-10-12-21-22(14-18)35(3)32(39)34(21)2/h5-16,28H,4,17H2,1-3H3/b25-15+/t28-/m1/s1. The second kappa shape index (κ2) is 10.3. The minimum Gasteiger partial charge on any atom is -0.463 e. The van der Waals surface area contributed by atoms with E-state index >= 15 is 0 Å². The van der Waals surface area contributed by atoms with Gasteiger partial charge in [0.05, 0.1) is 39.5 Å². The SMILES string of the molecule is CCOC(=O)C1=C(c2ccccc2)N=c2s/c(=C/c3ccc4c(c3)n(C)c(=O)n4C)c(=O)n2[C@@H]1c1ccc2c(c1)OCO2. The molecule has 1 atom stereocenters. The third-order valence-electron chi connectivity index (χ3n) is 7.68. The molecule has 0 spiro atoms. The number of thiazole rings is 1. The van der Waals surface area contributed by atoms with Crippen LogP contribution < -0.4 is 30.1 Å². The smallest absolute Gasteiger partial charge is 0.338 e. The molecular weight excluding hydrogens is 568 g/mol. The molecule has 2 aromatic heterocycles. The fourth-order valence-corrected chi connectivity index (χ4v) is 6.60. The lowest BCUT2D eigenvalue weighted by atomic mass is 9.93. The zero-order valence-electron chi connectivity index (χ0n) is 23.6. The third-order valence-corrected chi connectivity index (χ3v) is 8.66. The average Bonchev–Trinajstić information content (AvgIpc) is 3.68. The van der Waals surface area contributed by atoms with Crippen LogP contribution in [-0.4, -0.2) is 33.1 Å².